The first-order valence-electron chi connectivity index (χ1n) is 5.65. The Morgan fingerprint density at radius 1 is 1.50 bits per heavy atom. The molecule has 7 nitrogen and oxygen atoms in total. The van der Waals surface area contributed by atoms with Crippen LogP contribution >= 0.6 is 0 Å². The van der Waals surface area contributed by atoms with E-state index >= 15 is 0 Å². The van der Waals surface area contributed by atoms with Crippen LogP contribution in [0.15, 0.2) is 18.6 Å². The summed E-state index contributed by atoms with van der Waals surface area (Å²) in [7, 11) is 0. The fourth-order valence-corrected chi connectivity index (χ4v) is 1.89. The highest BCUT2D eigenvalue weighted by atomic mass is 16.4. The molecule has 2 rings (SSSR count). The molecule has 0 spiro atoms. The lowest BCUT2D eigenvalue weighted by Crippen LogP contribution is -2.56. The zero-order chi connectivity index (χ0) is 13.0. The van der Waals surface area contributed by atoms with Crippen molar-refractivity contribution in [1.82, 2.24) is 20.2 Å². The fraction of sp³-hybridized carbons (Fsp3) is 0.455. The van der Waals surface area contributed by atoms with Gasteiger partial charge in [0.2, 0.25) is 0 Å². The van der Waals surface area contributed by atoms with Crippen LogP contribution in [0.2, 0.25) is 0 Å². The highest BCUT2D eigenvalue weighted by molar-refractivity contribution is 5.95. The molecular weight excluding hydrogens is 236 g/mol. The fourth-order valence-electron chi connectivity index (χ4n) is 1.89. The number of rotatable bonds is 4. The molecule has 1 aromatic rings. The first-order chi connectivity index (χ1) is 8.68. The van der Waals surface area contributed by atoms with Crippen molar-refractivity contribution < 1.29 is 14.7 Å². The summed E-state index contributed by atoms with van der Waals surface area (Å²) in [5.74, 6) is -1.13. The summed E-state index contributed by atoms with van der Waals surface area (Å²) in [6, 6.07) is -0.667. The van der Waals surface area contributed by atoms with Gasteiger partial charge in [0.15, 0.2) is 5.78 Å². The number of hydrogen-bond donors (Lipinski definition) is 2. The van der Waals surface area contributed by atoms with Gasteiger partial charge in [-0.15, -0.1) is 0 Å². The summed E-state index contributed by atoms with van der Waals surface area (Å²) in [5.41, 5.74) is 0.264. The average molecular weight is 250 g/mol. The second kappa shape index (κ2) is 5.65. The van der Waals surface area contributed by atoms with Crippen LogP contribution in [0.25, 0.3) is 0 Å². The van der Waals surface area contributed by atoms with Crippen LogP contribution in [0.5, 0.6) is 0 Å². The highest BCUT2D eigenvalue weighted by Crippen LogP contribution is 2.05. The Kier molecular flexibility index (Phi) is 3.96. The number of hydrogen-bond acceptors (Lipinski definition) is 6. The van der Waals surface area contributed by atoms with Crippen LogP contribution < -0.4 is 5.32 Å². The number of nitrogens with one attached hydrogen (secondary N) is 1. The molecule has 0 aromatic carbocycles. The Morgan fingerprint density at radius 2 is 2.33 bits per heavy atom. The molecule has 0 amide bonds. The number of aliphatic carboxylic acids is 1. The molecule has 0 bridgehead atoms. The number of ketones is 1. The lowest BCUT2D eigenvalue weighted by molar-refractivity contribution is -0.143. The molecule has 96 valence electrons. The van der Waals surface area contributed by atoms with E-state index in [-0.39, 0.29) is 18.0 Å². The van der Waals surface area contributed by atoms with Crippen molar-refractivity contribution in [2.24, 2.45) is 0 Å². The molecule has 0 unspecified atom stereocenters. The minimum absolute atomic E-state index is 0.0529. The predicted octanol–water partition coefficient (Wildman–Crippen LogP) is -0.982. The first-order valence-corrected chi connectivity index (χ1v) is 5.65. The van der Waals surface area contributed by atoms with Gasteiger partial charge in [-0.3, -0.25) is 19.5 Å². The molecule has 0 aliphatic carbocycles. The first kappa shape index (κ1) is 12.6. The third-order valence-electron chi connectivity index (χ3n) is 2.83. The number of nitrogens with zero attached hydrogens (tertiary/aromatic N) is 3. The normalized spacial score (nSPS) is 20.6. The molecule has 2 heterocycles. The Bertz CT molecular complexity index is 437. The molecule has 2 N–H and O–H groups in total. The summed E-state index contributed by atoms with van der Waals surface area (Å²) in [6.45, 7) is 1.61. The van der Waals surface area contributed by atoms with Crippen molar-refractivity contribution in [2.75, 3.05) is 26.2 Å². The maximum absolute atomic E-state index is 11.9. The Morgan fingerprint density at radius 3 is 3.00 bits per heavy atom. The summed E-state index contributed by atoms with van der Waals surface area (Å²) in [5, 5.41) is 12.1. The van der Waals surface area contributed by atoms with Crippen LogP contribution in [-0.4, -0.2) is 63.9 Å². The van der Waals surface area contributed by atoms with Gasteiger partial charge in [-0.2, -0.15) is 0 Å². The van der Waals surface area contributed by atoms with E-state index in [2.05, 4.69) is 15.3 Å². The van der Waals surface area contributed by atoms with E-state index in [1.54, 1.807) is 4.90 Å². The predicted molar refractivity (Wildman–Crippen MR) is 62.2 cm³/mol. The van der Waals surface area contributed by atoms with E-state index in [1.165, 1.54) is 18.6 Å². The minimum atomic E-state index is -0.922. The van der Waals surface area contributed by atoms with Crippen LogP contribution in [0, 0.1) is 0 Å². The second-order valence-corrected chi connectivity index (χ2v) is 4.04. The van der Waals surface area contributed by atoms with E-state index < -0.39 is 12.0 Å². The lowest BCUT2D eigenvalue weighted by Gasteiger charge is -2.32. The lowest BCUT2D eigenvalue weighted by atomic mass is 10.1. The maximum atomic E-state index is 11.9. The summed E-state index contributed by atoms with van der Waals surface area (Å²) in [6.07, 6.45) is 4.32. The number of piperazine rings is 1. The van der Waals surface area contributed by atoms with Gasteiger partial charge in [0.05, 0.1) is 12.7 Å². The van der Waals surface area contributed by atoms with Gasteiger partial charge in [-0.25, -0.2) is 4.98 Å². The van der Waals surface area contributed by atoms with E-state index in [0.717, 1.165) is 0 Å². The standard InChI is InChI=1S/C11H14N4O3/c16-10(8-5-12-1-2-14-8)7-15-4-3-13-6-9(15)11(17)18/h1-2,5,9,13H,3-4,6-7H2,(H,17,18)/t9-/m1/s1. The largest absolute Gasteiger partial charge is 0.480 e. The molecule has 1 aliphatic rings. The molecule has 1 atom stereocenters. The van der Waals surface area contributed by atoms with Crippen LogP contribution in [0.4, 0.5) is 0 Å². The average Bonchev–Trinajstić information content (AvgIpc) is 2.40. The zero-order valence-electron chi connectivity index (χ0n) is 9.74. The molecule has 18 heavy (non-hydrogen) atoms. The van der Waals surface area contributed by atoms with Crippen LogP contribution in [0.3, 0.4) is 0 Å². The second-order valence-electron chi connectivity index (χ2n) is 4.04. The molecular formula is C11H14N4O3. The molecule has 1 aliphatic heterocycles. The van der Waals surface area contributed by atoms with Gasteiger partial charge in [-0.05, 0) is 0 Å². The third-order valence-corrected chi connectivity index (χ3v) is 2.83. The number of Topliss-reactive ketones (excluding diaryl/α,β-unsaturated/α-hetero) is 1. The van der Waals surface area contributed by atoms with Crippen molar-refractivity contribution in [1.29, 1.82) is 0 Å². The van der Waals surface area contributed by atoms with Crippen molar-refractivity contribution in [2.45, 2.75) is 6.04 Å². The summed E-state index contributed by atoms with van der Waals surface area (Å²) in [4.78, 5) is 32.4. The number of carboxylic acid groups (broad SMARTS) is 1. The summed E-state index contributed by atoms with van der Waals surface area (Å²) >= 11 is 0. The van der Waals surface area contributed by atoms with Gasteiger partial charge in [0.1, 0.15) is 11.7 Å². The SMILES string of the molecule is O=C(CN1CCNC[C@@H]1C(=O)O)c1cnccn1. The minimum Gasteiger partial charge on any atom is -0.480 e. The van der Waals surface area contributed by atoms with E-state index in [4.69, 9.17) is 5.11 Å². The molecule has 1 aromatic heterocycles. The summed E-state index contributed by atoms with van der Waals surface area (Å²) < 4.78 is 0. The van der Waals surface area contributed by atoms with Gasteiger partial charge < -0.3 is 10.4 Å². The number of aromatic nitrogens is 2. The van der Waals surface area contributed by atoms with Gasteiger partial charge in [0.25, 0.3) is 0 Å². The smallest absolute Gasteiger partial charge is 0.322 e. The quantitative estimate of drug-likeness (QED) is 0.663. The van der Waals surface area contributed by atoms with E-state index in [0.29, 0.717) is 19.6 Å². The molecule has 7 heteroatoms. The number of carbonyl (C=O) groups is 2. The van der Waals surface area contributed by atoms with E-state index in [1.807, 2.05) is 0 Å². The number of carboxylic acids is 1. The van der Waals surface area contributed by atoms with Crippen LogP contribution in [0.1, 0.15) is 10.5 Å². The Labute approximate surface area is 104 Å². The Hall–Kier alpha value is -1.86. The zero-order valence-corrected chi connectivity index (χ0v) is 9.74. The van der Waals surface area contributed by atoms with Crippen molar-refractivity contribution in [3.63, 3.8) is 0 Å². The third kappa shape index (κ3) is 2.88. The van der Waals surface area contributed by atoms with Crippen molar-refractivity contribution in [3.8, 4) is 0 Å². The molecule has 1 saturated heterocycles. The van der Waals surface area contributed by atoms with Crippen molar-refractivity contribution in [3.05, 3.63) is 24.3 Å². The highest BCUT2D eigenvalue weighted by Gasteiger charge is 2.29. The Balaban J connectivity index is 2.03. The molecule has 0 radical (unpaired) electrons. The van der Waals surface area contributed by atoms with Crippen LogP contribution in [-0.2, 0) is 4.79 Å². The van der Waals surface area contributed by atoms with Gasteiger partial charge in [0, 0.05) is 32.0 Å². The van der Waals surface area contributed by atoms with Crippen molar-refractivity contribution >= 4 is 11.8 Å². The topological polar surface area (TPSA) is 95.4 Å². The monoisotopic (exact) mass is 250 g/mol. The molecule has 0 saturated carbocycles. The van der Waals surface area contributed by atoms with Gasteiger partial charge in [-0.1, -0.05) is 0 Å². The maximum Gasteiger partial charge on any atom is 0.322 e. The number of carbonyl (C=O) groups excluding carboxylic acids is 1. The van der Waals surface area contributed by atoms with E-state index in [9.17, 15) is 9.59 Å². The molecule has 1 fully saturated rings. The van der Waals surface area contributed by atoms with Gasteiger partial charge >= 0.3 is 5.97 Å².